The van der Waals surface area contributed by atoms with Gasteiger partial charge >= 0.3 is 6.03 Å². The zero-order chi connectivity index (χ0) is 17.6. The molecule has 0 aliphatic carbocycles. The summed E-state index contributed by atoms with van der Waals surface area (Å²) in [6, 6.07) is 4.62. The summed E-state index contributed by atoms with van der Waals surface area (Å²) in [5.41, 5.74) is 0.942. The number of rotatable bonds is 6. The minimum Gasteiger partial charge on any atom is -0.352 e. The molecule has 1 unspecified atom stereocenters. The van der Waals surface area contributed by atoms with E-state index in [-0.39, 0.29) is 18.0 Å². The maximum absolute atomic E-state index is 12.0. The molecule has 1 aromatic carbocycles. The van der Waals surface area contributed by atoms with E-state index in [2.05, 4.69) is 16.0 Å². The second-order valence-corrected chi connectivity index (χ2v) is 6.84. The van der Waals surface area contributed by atoms with Crippen LogP contribution in [0.4, 0.5) is 10.5 Å². The Morgan fingerprint density at radius 1 is 1.13 bits per heavy atom. The van der Waals surface area contributed by atoms with Crippen molar-refractivity contribution in [3.63, 3.8) is 0 Å². The molecular weight excluding hydrogens is 314 g/mol. The zero-order valence-corrected chi connectivity index (χ0v) is 15.1. The lowest BCUT2D eigenvalue weighted by molar-refractivity contribution is 0.0949. The van der Waals surface area contributed by atoms with Crippen molar-refractivity contribution in [2.75, 3.05) is 11.9 Å². The fourth-order valence-corrected chi connectivity index (χ4v) is 1.98. The van der Waals surface area contributed by atoms with Crippen molar-refractivity contribution in [3.05, 3.63) is 28.8 Å². The molecule has 0 aromatic heterocycles. The Bertz CT molecular complexity index is 559. The van der Waals surface area contributed by atoms with E-state index in [1.54, 1.807) is 18.2 Å². The molecule has 128 valence electrons. The van der Waals surface area contributed by atoms with Crippen LogP contribution >= 0.6 is 11.6 Å². The number of hydrogen-bond donors (Lipinski definition) is 3. The zero-order valence-electron chi connectivity index (χ0n) is 14.4. The standard InChI is InChI=1S/C17H26ClN3O2/c1-10(2)9-19-16(22)14-7-6-13(8-15(14)18)21-17(23)20-12(5)11(3)4/h6-8,10-12H,9H2,1-5H3,(H,19,22)(H2,20,21,23). The van der Waals surface area contributed by atoms with Crippen molar-refractivity contribution >= 4 is 29.2 Å². The van der Waals surface area contributed by atoms with Crippen LogP contribution in [0.1, 0.15) is 45.0 Å². The number of hydrogen-bond acceptors (Lipinski definition) is 2. The van der Waals surface area contributed by atoms with Crippen LogP contribution in [-0.4, -0.2) is 24.5 Å². The number of halogens is 1. The highest BCUT2D eigenvalue weighted by Gasteiger charge is 2.13. The first-order valence-corrected chi connectivity index (χ1v) is 8.23. The van der Waals surface area contributed by atoms with Crippen molar-refractivity contribution in [2.45, 2.75) is 40.7 Å². The molecular formula is C17H26ClN3O2. The Morgan fingerprint density at radius 3 is 2.30 bits per heavy atom. The van der Waals surface area contributed by atoms with Gasteiger partial charge in [0.05, 0.1) is 10.6 Å². The minimum absolute atomic E-state index is 0.0616. The summed E-state index contributed by atoms with van der Waals surface area (Å²) in [6.45, 7) is 10.6. The summed E-state index contributed by atoms with van der Waals surface area (Å²) in [5.74, 6) is 0.495. The normalized spacial score (nSPS) is 12.2. The summed E-state index contributed by atoms with van der Waals surface area (Å²) in [6.07, 6.45) is 0. The maximum Gasteiger partial charge on any atom is 0.319 e. The fourth-order valence-electron chi connectivity index (χ4n) is 1.71. The van der Waals surface area contributed by atoms with Gasteiger partial charge in [0, 0.05) is 18.3 Å². The van der Waals surface area contributed by atoms with Gasteiger partial charge in [0.2, 0.25) is 0 Å². The van der Waals surface area contributed by atoms with Gasteiger partial charge in [-0.25, -0.2) is 4.79 Å². The van der Waals surface area contributed by atoms with Gasteiger partial charge in [0.1, 0.15) is 0 Å². The first-order chi connectivity index (χ1) is 10.7. The van der Waals surface area contributed by atoms with Crippen molar-refractivity contribution in [3.8, 4) is 0 Å². The largest absolute Gasteiger partial charge is 0.352 e. The third-order valence-corrected chi connectivity index (χ3v) is 3.81. The third-order valence-electron chi connectivity index (χ3n) is 3.50. The van der Waals surface area contributed by atoms with Gasteiger partial charge in [0.25, 0.3) is 5.91 Å². The molecule has 1 atom stereocenters. The van der Waals surface area contributed by atoms with Crippen LogP contribution in [0.15, 0.2) is 18.2 Å². The number of nitrogens with one attached hydrogen (secondary N) is 3. The van der Waals surface area contributed by atoms with E-state index < -0.39 is 0 Å². The molecule has 0 radical (unpaired) electrons. The molecule has 5 nitrogen and oxygen atoms in total. The predicted octanol–water partition coefficient (Wildman–Crippen LogP) is 3.89. The number of carbonyl (C=O) groups excluding carboxylic acids is 2. The molecule has 1 aromatic rings. The van der Waals surface area contributed by atoms with Gasteiger partial charge in [-0.3, -0.25) is 4.79 Å². The van der Waals surface area contributed by atoms with Crippen molar-refractivity contribution in [1.82, 2.24) is 10.6 Å². The molecule has 3 N–H and O–H groups in total. The van der Waals surface area contributed by atoms with E-state index in [1.165, 1.54) is 0 Å². The van der Waals surface area contributed by atoms with Gasteiger partial charge in [-0.15, -0.1) is 0 Å². The molecule has 0 fully saturated rings. The highest BCUT2D eigenvalue weighted by Crippen LogP contribution is 2.21. The highest BCUT2D eigenvalue weighted by molar-refractivity contribution is 6.34. The number of benzene rings is 1. The predicted molar refractivity (Wildman–Crippen MR) is 95.1 cm³/mol. The smallest absolute Gasteiger partial charge is 0.319 e. The van der Waals surface area contributed by atoms with Crippen molar-refractivity contribution < 1.29 is 9.59 Å². The molecule has 6 heteroatoms. The van der Waals surface area contributed by atoms with Crippen molar-refractivity contribution in [2.24, 2.45) is 11.8 Å². The van der Waals surface area contributed by atoms with Crippen LogP contribution in [-0.2, 0) is 0 Å². The summed E-state index contributed by atoms with van der Waals surface area (Å²) >= 11 is 6.15. The summed E-state index contributed by atoms with van der Waals surface area (Å²) in [5, 5.41) is 8.69. The molecule has 0 spiro atoms. The Morgan fingerprint density at radius 2 is 1.78 bits per heavy atom. The lowest BCUT2D eigenvalue weighted by atomic mass is 10.1. The first-order valence-electron chi connectivity index (χ1n) is 7.86. The number of urea groups is 1. The van der Waals surface area contributed by atoms with Crippen LogP contribution in [0, 0.1) is 11.8 Å². The van der Waals surface area contributed by atoms with Gasteiger partial charge in [-0.1, -0.05) is 39.3 Å². The second kappa shape index (κ2) is 8.77. The molecule has 0 aliphatic rings. The van der Waals surface area contributed by atoms with E-state index in [0.717, 1.165) is 0 Å². The molecule has 0 saturated heterocycles. The Labute approximate surface area is 143 Å². The SMILES string of the molecule is CC(C)CNC(=O)c1ccc(NC(=O)NC(C)C(C)C)cc1Cl. The quantitative estimate of drug-likeness (QED) is 0.735. The van der Waals surface area contributed by atoms with E-state index in [4.69, 9.17) is 11.6 Å². The molecule has 23 heavy (non-hydrogen) atoms. The van der Waals surface area contributed by atoms with Gasteiger partial charge in [0.15, 0.2) is 0 Å². The molecule has 0 aliphatic heterocycles. The van der Waals surface area contributed by atoms with E-state index in [9.17, 15) is 9.59 Å². The Balaban J connectivity index is 2.69. The lowest BCUT2D eigenvalue weighted by Gasteiger charge is -2.18. The third kappa shape index (κ3) is 6.48. The van der Waals surface area contributed by atoms with Crippen LogP contribution in [0.5, 0.6) is 0 Å². The molecule has 0 heterocycles. The highest BCUT2D eigenvalue weighted by atomic mass is 35.5. The number of anilines is 1. The topological polar surface area (TPSA) is 70.2 Å². The fraction of sp³-hybridized carbons (Fsp3) is 0.529. The number of amides is 3. The molecule has 0 saturated carbocycles. The van der Waals surface area contributed by atoms with E-state index >= 15 is 0 Å². The lowest BCUT2D eigenvalue weighted by Crippen LogP contribution is -2.39. The minimum atomic E-state index is -0.292. The first kappa shape index (κ1) is 19.3. The average Bonchev–Trinajstić information content (AvgIpc) is 2.44. The van der Waals surface area contributed by atoms with Crippen molar-refractivity contribution in [1.29, 1.82) is 0 Å². The molecule has 0 bridgehead atoms. The molecule has 3 amide bonds. The van der Waals surface area contributed by atoms with Crippen LogP contribution in [0.2, 0.25) is 5.02 Å². The van der Waals surface area contributed by atoms with E-state index in [0.29, 0.717) is 34.7 Å². The van der Waals surface area contributed by atoms with Crippen LogP contribution in [0.25, 0.3) is 0 Å². The van der Waals surface area contributed by atoms with Gasteiger partial charge in [-0.05, 0) is 37.0 Å². The Hall–Kier alpha value is -1.75. The maximum atomic E-state index is 12.0. The Kier molecular flexibility index (Phi) is 7.36. The monoisotopic (exact) mass is 339 g/mol. The van der Waals surface area contributed by atoms with Crippen LogP contribution in [0.3, 0.4) is 0 Å². The molecule has 1 rings (SSSR count). The van der Waals surface area contributed by atoms with E-state index in [1.807, 2.05) is 34.6 Å². The number of carbonyl (C=O) groups is 2. The summed E-state index contributed by atoms with van der Waals surface area (Å²) in [7, 11) is 0. The average molecular weight is 340 g/mol. The van der Waals surface area contributed by atoms with Crippen LogP contribution < -0.4 is 16.0 Å². The summed E-state index contributed by atoms with van der Waals surface area (Å²) < 4.78 is 0. The second-order valence-electron chi connectivity index (χ2n) is 6.43. The van der Waals surface area contributed by atoms with Gasteiger partial charge < -0.3 is 16.0 Å². The van der Waals surface area contributed by atoms with Gasteiger partial charge in [-0.2, -0.15) is 0 Å². The summed E-state index contributed by atoms with van der Waals surface area (Å²) in [4.78, 5) is 23.9.